The molecule has 0 N–H and O–H groups in total. The van der Waals surface area contributed by atoms with Crippen LogP contribution in [0.15, 0.2) is 54.9 Å². The Bertz CT molecular complexity index is 1160. The van der Waals surface area contributed by atoms with Gasteiger partial charge in [-0.25, -0.2) is 13.3 Å². The first kappa shape index (κ1) is 18.8. The summed E-state index contributed by atoms with van der Waals surface area (Å²) >= 11 is 0. The van der Waals surface area contributed by atoms with E-state index >= 15 is 0 Å². The molecule has 2 aliphatic heterocycles. The molecule has 3 aromatic rings. The lowest BCUT2D eigenvalue weighted by Crippen LogP contribution is -2.27. The molecule has 0 spiro atoms. The van der Waals surface area contributed by atoms with Crippen LogP contribution in [-0.4, -0.2) is 40.1 Å². The number of pyridine rings is 1. The van der Waals surface area contributed by atoms with Crippen LogP contribution in [0.2, 0.25) is 0 Å². The number of rotatable bonds is 3. The Balaban J connectivity index is 1.51. The molecule has 0 saturated carbocycles. The van der Waals surface area contributed by atoms with Crippen LogP contribution >= 0.6 is 0 Å². The van der Waals surface area contributed by atoms with Crippen molar-refractivity contribution in [1.29, 1.82) is 0 Å². The maximum Gasteiger partial charge on any atom is 0.257 e. The minimum absolute atomic E-state index is 0.0602. The third-order valence-electron chi connectivity index (χ3n) is 6.07. The van der Waals surface area contributed by atoms with Gasteiger partial charge in [0.05, 0.1) is 23.3 Å². The van der Waals surface area contributed by atoms with E-state index in [2.05, 4.69) is 16.6 Å². The number of fused-ring (bicyclic) bond motifs is 1. The molecule has 5 nitrogen and oxygen atoms in total. The molecule has 2 aliphatic rings. The van der Waals surface area contributed by atoms with Crippen molar-refractivity contribution >= 4 is 17.1 Å². The standard InChI is InChI=1S/C23H22F2N4O/c1-15-6-9-27(14-15)23(30)19-13-26-29-10-7-17(12-22(19)29)28-8-2-3-21(28)18-11-16(24)4-5-20(18)25/h4-5,7,10-13,21H,1-3,6,8-9,14H2/t21-/m1/s1. The van der Waals surface area contributed by atoms with Crippen LogP contribution in [0.1, 0.15) is 41.2 Å². The zero-order chi connectivity index (χ0) is 20.8. The molecular formula is C23H22F2N4O. The van der Waals surface area contributed by atoms with E-state index in [4.69, 9.17) is 0 Å². The van der Waals surface area contributed by atoms with Gasteiger partial charge in [0, 0.05) is 37.1 Å². The van der Waals surface area contributed by atoms with E-state index in [1.54, 1.807) is 15.6 Å². The van der Waals surface area contributed by atoms with Crippen molar-refractivity contribution in [3.8, 4) is 0 Å². The smallest absolute Gasteiger partial charge is 0.257 e. The fourth-order valence-corrected chi connectivity index (χ4v) is 4.55. The molecule has 1 amide bonds. The topological polar surface area (TPSA) is 40.9 Å². The quantitative estimate of drug-likeness (QED) is 0.605. The lowest BCUT2D eigenvalue weighted by atomic mass is 10.0. The number of nitrogens with zero attached hydrogens (tertiary/aromatic N) is 4. The number of carbonyl (C=O) groups excluding carboxylic acids is 1. The maximum atomic E-state index is 14.4. The van der Waals surface area contributed by atoms with Crippen molar-refractivity contribution in [1.82, 2.24) is 14.5 Å². The van der Waals surface area contributed by atoms with Gasteiger partial charge in [-0.15, -0.1) is 0 Å². The molecule has 2 fully saturated rings. The molecular weight excluding hydrogens is 386 g/mol. The summed E-state index contributed by atoms with van der Waals surface area (Å²) in [5, 5.41) is 4.32. The fraction of sp³-hybridized carbons (Fsp3) is 0.304. The molecule has 0 radical (unpaired) electrons. The third kappa shape index (κ3) is 3.14. The van der Waals surface area contributed by atoms with Crippen molar-refractivity contribution in [2.45, 2.75) is 25.3 Å². The highest BCUT2D eigenvalue weighted by molar-refractivity contribution is 6.01. The predicted octanol–water partition coefficient (Wildman–Crippen LogP) is 4.36. The van der Waals surface area contributed by atoms with Gasteiger partial charge in [-0.3, -0.25) is 4.79 Å². The van der Waals surface area contributed by atoms with Crippen molar-refractivity contribution in [3.05, 3.63) is 77.6 Å². The van der Waals surface area contributed by atoms with Crippen LogP contribution in [-0.2, 0) is 0 Å². The van der Waals surface area contributed by atoms with E-state index in [1.807, 2.05) is 18.3 Å². The van der Waals surface area contributed by atoms with Gasteiger partial charge in [-0.05, 0) is 49.6 Å². The van der Waals surface area contributed by atoms with E-state index in [-0.39, 0.29) is 11.9 Å². The van der Waals surface area contributed by atoms with Crippen molar-refractivity contribution < 1.29 is 13.6 Å². The van der Waals surface area contributed by atoms with Gasteiger partial charge in [0.2, 0.25) is 0 Å². The van der Waals surface area contributed by atoms with Crippen molar-refractivity contribution in [2.24, 2.45) is 0 Å². The maximum absolute atomic E-state index is 14.4. The molecule has 1 atom stereocenters. The van der Waals surface area contributed by atoms with E-state index in [1.165, 1.54) is 12.1 Å². The second-order valence-electron chi connectivity index (χ2n) is 8.02. The fourth-order valence-electron chi connectivity index (χ4n) is 4.55. The highest BCUT2D eigenvalue weighted by Gasteiger charge is 2.30. The predicted molar refractivity (Wildman–Crippen MR) is 111 cm³/mol. The SMILES string of the molecule is C=C1CCN(C(=O)c2cnn3ccc(N4CCC[C@@H]4c4cc(F)ccc4F)cc23)C1. The Labute approximate surface area is 173 Å². The molecule has 154 valence electrons. The minimum Gasteiger partial charge on any atom is -0.364 e. The number of carbonyl (C=O) groups is 1. The molecule has 2 saturated heterocycles. The van der Waals surface area contributed by atoms with Gasteiger partial charge >= 0.3 is 0 Å². The molecule has 1 aromatic carbocycles. The molecule has 4 heterocycles. The zero-order valence-electron chi connectivity index (χ0n) is 16.5. The van der Waals surface area contributed by atoms with Gasteiger partial charge in [0.1, 0.15) is 11.6 Å². The first-order chi connectivity index (χ1) is 14.5. The first-order valence-corrected chi connectivity index (χ1v) is 10.2. The average Bonchev–Trinajstić information content (AvgIpc) is 3.47. The normalized spacial score (nSPS) is 19.3. The Morgan fingerprint density at radius 1 is 1.17 bits per heavy atom. The summed E-state index contributed by atoms with van der Waals surface area (Å²) in [7, 11) is 0. The molecule has 0 unspecified atom stereocenters. The minimum atomic E-state index is -0.440. The van der Waals surface area contributed by atoms with Gasteiger partial charge in [-0.2, -0.15) is 5.10 Å². The van der Waals surface area contributed by atoms with Crippen LogP contribution in [0.25, 0.3) is 5.52 Å². The van der Waals surface area contributed by atoms with Crippen molar-refractivity contribution in [2.75, 3.05) is 24.5 Å². The van der Waals surface area contributed by atoms with Crippen LogP contribution in [0, 0.1) is 11.6 Å². The number of aromatic nitrogens is 2. The van der Waals surface area contributed by atoms with Gasteiger partial charge in [0.25, 0.3) is 5.91 Å². The summed E-state index contributed by atoms with van der Waals surface area (Å²) in [6.07, 6.45) is 5.85. The lowest BCUT2D eigenvalue weighted by Gasteiger charge is -2.27. The number of benzene rings is 1. The largest absolute Gasteiger partial charge is 0.364 e. The molecule has 0 bridgehead atoms. The van der Waals surface area contributed by atoms with Crippen LogP contribution in [0.4, 0.5) is 14.5 Å². The van der Waals surface area contributed by atoms with Crippen LogP contribution in [0.3, 0.4) is 0 Å². The number of anilines is 1. The number of hydrogen-bond donors (Lipinski definition) is 0. The Morgan fingerprint density at radius 2 is 2.03 bits per heavy atom. The third-order valence-corrected chi connectivity index (χ3v) is 6.07. The molecule has 0 aliphatic carbocycles. The Hall–Kier alpha value is -3.22. The number of likely N-dealkylation sites (tertiary alicyclic amines) is 1. The van der Waals surface area contributed by atoms with E-state index in [0.29, 0.717) is 29.7 Å². The van der Waals surface area contributed by atoms with E-state index in [9.17, 15) is 13.6 Å². The van der Waals surface area contributed by atoms with Gasteiger partial charge in [0.15, 0.2) is 0 Å². The number of hydrogen-bond acceptors (Lipinski definition) is 3. The number of amides is 1. The van der Waals surface area contributed by atoms with E-state index < -0.39 is 11.6 Å². The Kier molecular flexibility index (Phi) is 4.53. The average molecular weight is 408 g/mol. The molecule has 30 heavy (non-hydrogen) atoms. The van der Waals surface area contributed by atoms with Crippen LogP contribution in [0.5, 0.6) is 0 Å². The summed E-state index contributed by atoms with van der Waals surface area (Å²) in [5.41, 5.74) is 3.54. The second kappa shape index (κ2) is 7.23. The molecule has 5 rings (SSSR count). The number of halogens is 2. The summed E-state index contributed by atoms with van der Waals surface area (Å²) < 4.78 is 29.9. The summed E-state index contributed by atoms with van der Waals surface area (Å²) in [5.74, 6) is -0.900. The molecule has 7 heteroatoms. The lowest BCUT2D eigenvalue weighted by molar-refractivity contribution is 0.0798. The van der Waals surface area contributed by atoms with Crippen molar-refractivity contribution in [3.63, 3.8) is 0 Å². The monoisotopic (exact) mass is 408 g/mol. The molecule has 2 aromatic heterocycles. The van der Waals surface area contributed by atoms with E-state index in [0.717, 1.165) is 43.1 Å². The highest BCUT2D eigenvalue weighted by atomic mass is 19.1. The summed E-state index contributed by atoms with van der Waals surface area (Å²) in [4.78, 5) is 16.9. The summed E-state index contributed by atoms with van der Waals surface area (Å²) in [6.45, 7) is 5.95. The first-order valence-electron chi connectivity index (χ1n) is 10.2. The summed E-state index contributed by atoms with van der Waals surface area (Å²) in [6, 6.07) is 7.18. The zero-order valence-corrected chi connectivity index (χ0v) is 16.5. The Morgan fingerprint density at radius 3 is 2.83 bits per heavy atom. The van der Waals surface area contributed by atoms with Crippen LogP contribution < -0.4 is 4.90 Å². The van der Waals surface area contributed by atoms with Gasteiger partial charge < -0.3 is 9.80 Å². The highest BCUT2D eigenvalue weighted by Crippen LogP contribution is 2.38. The second-order valence-corrected chi connectivity index (χ2v) is 8.02. The van der Waals surface area contributed by atoms with Gasteiger partial charge in [-0.1, -0.05) is 12.2 Å².